The largest absolute Gasteiger partial charge is 0.342 e. The highest BCUT2D eigenvalue weighted by Crippen LogP contribution is 2.39. The number of halogens is 1. The maximum Gasteiger partial charge on any atom is 0.267 e. The second kappa shape index (κ2) is 9.78. The third-order valence-corrected chi connectivity index (χ3v) is 7.84. The molecule has 3 aromatic carbocycles. The van der Waals surface area contributed by atoms with Crippen LogP contribution < -0.4 is 0 Å². The van der Waals surface area contributed by atoms with Gasteiger partial charge >= 0.3 is 0 Å². The van der Waals surface area contributed by atoms with Crippen LogP contribution in [0.4, 0.5) is 10.1 Å². The summed E-state index contributed by atoms with van der Waals surface area (Å²) in [4.78, 5) is 21.1. The molecular weight excluding hydrogens is 469 g/mol. The average Bonchev–Trinajstić information content (AvgIpc) is 3.60. The van der Waals surface area contributed by atoms with Crippen LogP contribution >= 0.6 is 11.8 Å². The van der Waals surface area contributed by atoms with E-state index in [1.807, 2.05) is 59.5 Å². The van der Waals surface area contributed by atoms with E-state index in [0.29, 0.717) is 11.4 Å². The van der Waals surface area contributed by atoms with Crippen molar-refractivity contribution in [3.8, 4) is 0 Å². The van der Waals surface area contributed by atoms with Crippen molar-refractivity contribution in [2.75, 3.05) is 0 Å². The first-order valence-electron chi connectivity index (χ1n) is 12.3. The molecule has 0 bridgehead atoms. The number of amides is 1. The summed E-state index contributed by atoms with van der Waals surface area (Å²) in [7, 11) is 0. The molecule has 1 aliphatic heterocycles. The summed E-state index contributed by atoms with van der Waals surface area (Å²) in [6.07, 6.45) is 8.37. The maximum atomic E-state index is 13.8. The molecule has 6 rings (SSSR count). The average molecular weight is 496 g/mol. The normalized spacial score (nSPS) is 18.8. The van der Waals surface area contributed by atoms with Crippen molar-refractivity contribution in [1.29, 1.82) is 0 Å². The predicted octanol–water partition coefficient (Wildman–Crippen LogP) is 7.38. The van der Waals surface area contributed by atoms with E-state index >= 15 is 0 Å². The fraction of sp³-hybridized carbons (Fsp3) is 0.200. The van der Waals surface area contributed by atoms with Crippen LogP contribution in [0.15, 0.2) is 95.0 Å². The van der Waals surface area contributed by atoms with Gasteiger partial charge < -0.3 is 4.57 Å². The number of thioether (sulfide) groups is 1. The summed E-state index contributed by atoms with van der Waals surface area (Å²) >= 11 is 1.46. The van der Waals surface area contributed by atoms with Crippen LogP contribution in [0.5, 0.6) is 0 Å². The first-order valence-corrected chi connectivity index (χ1v) is 13.2. The van der Waals surface area contributed by atoms with Crippen molar-refractivity contribution in [3.05, 3.63) is 107 Å². The number of hydrogen-bond donors (Lipinski definition) is 0. The van der Waals surface area contributed by atoms with Crippen molar-refractivity contribution in [2.24, 2.45) is 4.99 Å². The van der Waals surface area contributed by atoms with E-state index < -0.39 is 0 Å². The number of rotatable bonds is 5. The van der Waals surface area contributed by atoms with E-state index in [1.165, 1.54) is 17.8 Å². The lowest BCUT2D eigenvalue weighted by molar-refractivity contribution is -0.123. The molecule has 1 saturated carbocycles. The zero-order chi connectivity index (χ0) is 24.5. The lowest BCUT2D eigenvalue weighted by Crippen LogP contribution is -2.37. The Hall–Kier alpha value is -3.64. The maximum absolute atomic E-state index is 13.8. The Kier molecular flexibility index (Phi) is 6.20. The molecule has 6 heteroatoms. The minimum atomic E-state index is -0.239. The number of aliphatic imine (C=N–C) groups is 1. The first kappa shape index (κ1) is 22.8. The Morgan fingerprint density at radius 3 is 2.56 bits per heavy atom. The molecule has 36 heavy (non-hydrogen) atoms. The van der Waals surface area contributed by atoms with Gasteiger partial charge in [-0.15, -0.1) is 0 Å². The molecule has 4 aromatic rings. The molecule has 0 unspecified atom stereocenters. The summed E-state index contributed by atoms with van der Waals surface area (Å²) in [6.45, 7) is 0.553. The van der Waals surface area contributed by atoms with Crippen molar-refractivity contribution < 1.29 is 9.18 Å². The molecule has 0 spiro atoms. The van der Waals surface area contributed by atoms with Crippen molar-refractivity contribution >= 4 is 45.5 Å². The quantitative estimate of drug-likeness (QED) is 0.271. The Morgan fingerprint density at radius 2 is 1.75 bits per heavy atom. The number of carbonyl (C=O) groups is 1. The summed E-state index contributed by atoms with van der Waals surface area (Å²) in [6, 6.07) is 24.9. The Morgan fingerprint density at radius 1 is 0.972 bits per heavy atom. The van der Waals surface area contributed by atoms with Crippen LogP contribution in [0.3, 0.4) is 0 Å². The molecule has 2 aliphatic rings. The molecule has 2 heterocycles. The number of benzene rings is 3. The minimum Gasteiger partial charge on any atom is -0.342 e. The molecule has 2 fully saturated rings. The second-order valence-electron chi connectivity index (χ2n) is 9.31. The van der Waals surface area contributed by atoms with E-state index in [-0.39, 0.29) is 17.8 Å². The van der Waals surface area contributed by atoms with Crippen LogP contribution in [0, 0.1) is 5.82 Å². The predicted molar refractivity (Wildman–Crippen MR) is 146 cm³/mol. The fourth-order valence-electron chi connectivity index (χ4n) is 5.16. The molecule has 1 saturated heterocycles. The van der Waals surface area contributed by atoms with Crippen molar-refractivity contribution in [1.82, 2.24) is 9.47 Å². The summed E-state index contributed by atoms with van der Waals surface area (Å²) in [5, 5.41) is 1.82. The van der Waals surface area contributed by atoms with Gasteiger partial charge in [-0.3, -0.25) is 9.69 Å². The van der Waals surface area contributed by atoms with E-state index in [2.05, 4.69) is 22.9 Å². The zero-order valence-corrected chi connectivity index (χ0v) is 20.6. The fourth-order valence-corrected chi connectivity index (χ4v) is 6.21. The highest BCUT2D eigenvalue weighted by molar-refractivity contribution is 8.18. The highest BCUT2D eigenvalue weighted by atomic mass is 32.2. The number of aromatic nitrogens is 1. The second-order valence-corrected chi connectivity index (χ2v) is 10.3. The highest BCUT2D eigenvalue weighted by Gasteiger charge is 2.39. The SMILES string of the molecule is O=C1C(=Cc2cn(Cc3cccc(F)c3)c3ccccc23)SC(=Nc2ccccc2)N1C1CCCC1. The monoisotopic (exact) mass is 495 g/mol. The molecule has 0 radical (unpaired) electrons. The van der Waals surface area contributed by atoms with E-state index in [1.54, 1.807) is 12.1 Å². The number of amidine groups is 1. The van der Waals surface area contributed by atoms with Crippen LogP contribution in [0.25, 0.3) is 17.0 Å². The molecular formula is C30H26FN3OS. The zero-order valence-electron chi connectivity index (χ0n) is 19.8. The van der Waals surface area contributed by atoms with Gasteiger partial charge in [-0.25, -0.2) is 9.38 Å². The summed E-state index contributed by atoms with van der Waals surface area (Å²) in [5.41, 5.74) is 3.77. The smallest absolute Gasteiger partial charge is 0.267 e. The van der Waals surface area contributed by atoms with Crippen LogP contribution in [-0.2, 0) is 11.3 Å². The molecule has 1 aliphatic carbocycles. The third-order valence-electron chi connectivity index (χ3n) is 6.86. The van der Waals surface area contributed by atoms with Gasteiger partial charge in [0.15, 0.2) is 5.17 Å². The van der Waals surface area contributed by atoms with Crippen molar-refractivity contribution in [3.63, 3.8) is 0 Å². The van der Waals surface area contributed by atoms with Crippen LogP contribution in [0.2, 0.25) is 0 Å². The van der Waals surface area contributed by atoms with Crippen LogP contribution in [0.1, 0.15) is 36.8 Å². The third kappa shape index (κ3) is 4.49. The molecule has 1 aromatic heterocycles. The number of carbonyl (C=O) groups excluding carboxylic acids is 1. The van der Waals surface area contributed by atoms with Gasteiger partial charge in [0.05, 0.1) is 10.6 Å². The van der Waals surface area contributed by atoms with Gasteiger partial charge in [-0.1, -0.05) is 61.4 Å². The summed E-state index contributed by atoms with van der Waals surface area (Å²) < 4.78 is 15.9. The van der Waals surface area contributed by atoms with E-state index in [0.717, 1.165) is 58.6 Å². The first-order chi connectivity index (χ1) is 17.7. The standard InChI is InChI=1S/C30H26FN3OS/c31-23-10-8-9-21(17-23)19-33-20-22(26-15-6-7-16-27(26)33)18-28-29(35)34(25-13-4-5-14-25)30(36-28)32-24-11-2-1-3-12-24/h1-3,6-12,15-18,20,25H,4-5,13-14,19H2. The molecule has 180 valence electrons. The van der Waals surface area contributed by atoms with Crippen LogP contribution in [-0.4, -0.2) is 26.6 Å². The molecule has 1 amide bonds. The van der Waals surface area contributed by atoms with Crippen molar-refractivity contribution in [2.45, 2.75) is 38.3 Å². The van der Waals surface area contributed by atoms with Gasteiger partial charge in [-0.05, 0) is 66.6 Å². The van der Waals surface area contributed by atoms with Gasteiger partial charge in [0.2, 0.25) is 0 Å². The lowest BCUT2D eigenvalue weighted by Gasteiger charge is -2.22. The van der Waals surface area contributed by atoms with E-state index in [9.17, 15) is 9.18 Å². The van der Waals surface area contributed by atoms with Gasteiger partial charge in [0, 0.05) is 35.2 Å². The minimum absolute atomic E-state index is 0.0311. The lowest BCUT2D eigenvalue weighted by atomic mass is 10.1. The number of hydrogen-bond acceptors (Lipinski definition) is 3. The summed E-state index contributed by atoms with van der Waals surface area (Å²) in [5.74, 6) is -0.208. The number of fused-ring (bicyclic) bond motifs is 1. The van der Waals surface area contributed by atoms with Gasteiger partial charge in [-0.2, -0.15) is 0 Å². The topological polar surface area (TPSA) is 37.6 Å². The van der Waals surface area contributed by atoms with Gasteiger partial charge in [0.1, 0.15) is 5.82 Å². The molecule has 4 nitrogen and oxygen atoms in total. The Balaban J connectivity index is 1.39. The van der Waals surface area contributed by atoms with Gasteiger partial charge in [0.25, 0.3) is 5.91 Å². The Labute approximate surface area is 214 Å². The van der Waals surface area contributed by atoms with E-state index in [4.69, 9.17) is 4.99 Å². The molecule has 0 atom stereocenters. The number of nitrogens with zero attached hydrogens (tertiary/aromatic N) is 3. The number of para-hydroxylation sites is 2. The molecule has 0 N–H and O–H groups in total. The Bertz CT molecular complexity index is 1480.